The minimum Gasteiger partial charge on any atom is -0.457 e. The van der Waals surface area contributed by atoms with E-state index in [9.17, 15) is 0 Å². The summed E-state index contributed by atoms with van der Waals surface area (Å²) in [5, 5.41) is 0. The zero-order valence-electron chi connectivity index (χ0n) is 26.6. The monoisotopic (exact) mass is 576 g/mol. The van der Waals surface area contributed by atoms with E-state index >= 15 is 0 Å². The predicted molar refractivity (Wildman–Crippen MR) is 181 cm³/mol. The quantitative estimate of drug-likeness (QED) is 0.145. The van der Waals surface area contributed by atoms with Gasteiger partial charge in [-0.05, 0) is 117 Å². The second kappa shape index (κ2) is 13.2. The second-order valence-corrected chi connectivity index (χ2v) is 12.7. The van der Waals surface area contributed by atoms with Crippen LogP contribution in [0.1, 0.15) is 91.7 Å². The van der Waals surface area contributed by atoms with E-state index in [0.29, 0.717) is 11.4 Å². The lowest BCUT2D eigenvalue weighted by Crippen LogP contribution is -2.33. The van der Waals surface area contributed by atoms with Gasteiger partial charge in [0, 0.05) is 28.9 Å². The van der Waals surface area contributed by atoms with Crippen LogP contribution in [0.25, 0.3) is 0 Å². The Balaban J connectivity index is 1.52. The minimum absolute atomic E-state index is 0.0578. The number of anilines is 2. The van der Waals surface area contributed by atoms with Gasteiger partial charge in [0.1, 0.15) is 23.0 Å². The van der Waals surface area contributed by atoms with Gasteiger partial charge >= 0.3 is 0 Å². The molecule has 0 unspecified atom stereocenters. The molecule has 1 aliphatic rings. The van der Waals surface area contributed by atoms with Crippen LogP contribution in [0.4, 0.5) is 11.4 Å². The minimum atomic E-state index is -0.0578. The molecule has 0 amide bonds. The molecule has 43 heavy (non-hydrogen) atoms. The molecule has 0 heterocycles. The largest absolute Gasteiger partial charge is 0.457 e. The maximum atomic E-state index is 6.39. The van der Waals surface area contributed by atoms with E-state index < -0.39 is 0 Å². The van der Waals surface area contributed by atoms with Gasteiger partial charge in [-0.1, -0.05) is 69.0 Å². The molecular weight excluding hydrogens is 528 g/mol. The fourth-order valence-corrected chi connectivity index (χ4v) is 7.05. The summed E-state index contributed by atoms with van der Waals surface area (Å²) in [6.07, 6.45) is 10.1. The number of unbranched alkanes of at least 4 members (excludes halogenated alkanes) is 2. The lowest BCUT2D eigenvalue weighted by Gasteiger charge is -2.42. The second-order valence-electron chi connectivity index (χ2n) is 12.7. The van der Waals surface area contributed by atoms with Gasteiger partial charge in [0.05, 0.1) is 0 Å². The third-order valence-corrected chi connectivity index (χ3v) is 9.36. The van der Waals surface area contributed by atoms with Crippen molar-refractivity contribution in [3.8, 4) is 23.0 Å². The highest BCUT2D eigenvalue weighted by Gasteiger charge is 2.39. The fraction of sp³-hybridized carbons (Fsp3) is 0.385. The van der Waals surface area contributed by atoms with Gasteiger partial charge < -0.3 is 20.9 Å². The smallest absolute Gasteiger partial charge is 0.133 e. The van der Waals surface area contributed by atoms with Crippen molar-refractivity contribution < 1.29 is 9.47 Å². The van der Waals surface area contributed by atoms with Gasteiger partial charge in [0.25, 0.3) is 0 Å². The molecule has 4 nitrogen and oxygen atoms in total. The summed E-state index contributed by atoms with van der Waals surface area (Å²) in [4.78, 5) is 0. The molecule has 4 heteroatoms. The van der Waals surface area contributed by atoms with Gasteiger partial charge in [-0.25, -0.2) is 0 Å². The zero-order chi connectivity index (χ0) is 30.6. The van der Waals surface area contributed by atoms with Crippen molar-refractivity contribution in [2.45, 2.75) is 91.4 Å². The van der Waals surface area contributed by atoms with Crippen molar-refractivity contribution in [1.82, 2.24) is 0 Å². The van der Waals surface area contributed by atoms with Gasteiger partial charge in [-0.3, -0.25) is 0 Å². The first-order chi connectivity index (χ1) is 20.7. The number of nitrogen functional groups attached to an aromatic ring is 2. The van der Waals surface area contributed by atoms with E-state index in [1.807, 2.05) is 48.5 Å². The molecule has 1 aliphatic carbocycles. The number of aryl methyl sites for hydroxylation is 4. The summed E-state index contributed by atoms with van der Waals surface area (Å²) < 4.78 is 12.8. The lowest BCUT2D eigenvalue weighted by molar-refractivity contribution is 0.250. The number of ether oxygens (including phenoxy) is 2. The molecule has 0 radical (unpaired) electrons. The van der Waals surface area contributed by atoms with Crippen molar-refractivity contribution in [1.29, 1.82) is 0 Å². The fourth-order valence-electron chi connectivity index (χ4n) is 7.05. The maximum absolute atomic E-state index is 6.39. The average molecular weight is 577 g/mol. The number of benzene rings is 4. The Hall–Kier alpha value is -3.92. The molecule has 226 valence electrons. The molecule has 1 saturated carbocycles. The Morgan fingerprint density at radius 3 is 1.49 bits per heavy atom. The molecule has 1 fully saturated rings. The van der Waals surface area contributed by atoms with E-state index in [0.717, 1.165) is 64.0 Å². The van der Waals surface area contributed by atoms with Crippen LogP contribution in [0, 0.1) is 33.6 Å². The van der Waals surface area contributed by atoms with Crippen LogP contribution in [0.2, 0.25) is 0 Å². The van der Waals surface area contributed by atoms with E-state index in [4.69, 9.17) is 20.9 Å². The Morgan fingerprint density at radius 2 is 1.09 bits per heavy atom. The summed E-state index contributed by atoms with van der Waals surface area (Å²) in [5.74, 6) is 4.17. The van der Waals surface area contributed by atoms with Crippen molar-refractivity contribution in [2.24, 2.45) is 5.92 Å². The van der Waals surface area contributed by atoms with Crippen molar-refractivity contribution in [2.75, 3.05) is 11.5 Å². The topological polar surface area (TPSA) is 70.5 Å². The van der Waals surface area contributed by atoms with Crippen LogP contribution in [-0.4, -0.2) is 0 Å². The third-order valence-electron chi connectivity index (χ3n) is 9.36. The SMILES string of the molecule is CCCCCC1CCC(c2cc(C)c(Oc3cccc(N)c3)c(C)c2)(c2cc(C)c(Oc3cccc(N)c3)c(C)c2)CC1. The zero-order valence-corrected chi connectivity index (χ0v) is 26.6. The number of rotatable bonds is 10. The average Bonchev–Trinajstić information content (AvgIpc) is 2.97. The van der Waals surface area contributed by atoms with E-state index in [1.165, 1.54) is 49.7 Å². The van der Waals surface area contributed by atoms with Crippen molar-refractivity contribution >= 4 is 11.4 Å². The molecule has 0 aliphatic heterocycles. The molecule has 0 saturated heterocycles. The number of hydrogen-bond acceptors (Lipinski definition) is 4. The summed E-state index contributed by atoms with van der Waals surface area (Å²) in [5.41, 5.74) is 20.8. The first-order valence-electron chi connectivity index (χ1n) is 16.0. The summed E-state index contributed by atoms with van der Waals surface area (Å²) in [7, 11) is 0. The molecular formula is C39H48N2O2. The van der Waals surface area contributed by atoms with Crippen LogP contribution < -0.4 is 20.9 Å². The van der Waals surface area contributed by atoms with Crippen LogP contribution >= 0.6 is 0 Å². The molecule has 4 aromatic rings. The van der Waals surface area contributed by atoms with Gasteiger partial charge in [-0.2, -0.15) is 0 Å². The van der Waals surface area contributed by atoms with E-state index in [-0.39, 0.29) is 5.41 Å². The molecule has 0 atom stereocenters. The third kappa shape index (κ3) is 6.85. The normalized spacial score (nSPS) is 14.9. The summed E-state index contributed by atoms with van der Waals surface area (Å²) in [6.45, 7) is 11.0. The predicted octanol–water partition coefficient (Wildman–Crippen LogP) is 10.7. The first-order valence-corrected chi connectivity index (χ1v) is 16.0. The Kier molecular flexibility index (Phi) is 9.34. The van der Waals surface area contributed by atoms with E-state index in [2.05, 4.69) is 58.9 Å². The van der Waals surface area contributed by atoms with Gasteiger partial charge in [0.15, 0.2) is 0 Å². The van der Waals surface area contributed by atoms with Crippen LogP contribution in [0.15, 0.2) is 72.8 Å². The molecule has 0 bridgehead atoms. The van der Waals surface area contributed by atoms with Crippen molar-refractivity contribution in [3.63, 3.8) is 0 Å². The van der Waals surface area contributed by atoms with Gasteiger partial charge in [-0.15, -0.1) is 0 Å². The van der Waals surface area contributed by atoms with Crippen molar-refractivity contribution in [3.05, 3.63) is 106 Å². The Bertz CT molecular complexity index is 1410. The van der Waals surface area contributed by atoms with Crippen LogP contribution in [0.5, 0.6) is 23.0 Å². The van der Waals surface area contributed by atoms with Crippen LogP contribution in [-0.2, 0) is 5.41 Å². The standard InChI is InChI=1S/C39H48N2O2/c1-6-7-8-11-30-16-18-39(19-17-30,31-20-26(2)37(27(3)21-31)42-35-14-9-12-33(40)24-35)32-22-28(4)38(29(5)23-32)43-36-15-10-13-34(41)25-36/h9-10,12-15,20-25,30H,6-8,11,16-19,40-41H2,1-5H3. The Morgan fingerprint density at radius 1 is 0.651 bits per heavy atom. The highest BCUT2D eigenvalue weighted by Crippen LogP contribution is 2.50. The Labute approximate surface area is 258 Å². The van der Waals surface area contributed by atoms with Gasteiger partial charge in [0.2, 0.25) is 0 Å². The van der Waals surface area contributed by atoms with E-state index in [1.54, 1.807) is 0 Å². The summed E-state index contributed by atoms with van der Waals surface area (Å²) >= 11 is 0. The number of hydrogen-bond donors (Lipinski definition) is 2. The lowest BCUT2D eigenvalue weighted by atomic mass is 9.62. The molecule has 0 aromatic heterocycles. The summed E-state index contributed by atoms with van der Waals surface area (Å²) in [6, 6.07) is 24.8. The highest BCUT2D eigenvalue weighted by atomic mass is 16.5. The molecule has 4 N–H and O–H groups in total. The number of nitrogens with two attached hydrogens (primary N) is 2. The van der Waals surface area contributed by atoms with Crippen LogP contribution in [0.3, 0.4) is 0 Å². The maximum Gasteiger partial charge on any atom is 0.133 e. The first kappa shape index (κ1) is 30.5. The highest BCUT2D eigenvalue weighted by molar-refractivity contribution is 5.55. The molecule has 5 rings (SSSR count). The molecule has 4 aromatic carbocycles. The molecule has 0 spiro atoms.